The van der Waals surface area contributed by atoms with Crippen LogP contribution in [0.4, 0.5) is 0 Å². The molecule has 1 saturated carbocycles. The highest BCUT2D eigenvalue weighted by Crippen LogP contribution is 2.26. The molecule has 2 N–H and O–H groups in total. The lowest BCUT2D eigenvalue weighted by Crippen LogP contribution is -2.39. The smallest absolute Gasteiger partial charge is 0.0431 e. The second kappa shape index (κ2) is 6.38. The molecule has 0 bridgehead atoms. The third-order valence-electron chi connectivity index (χ3n) is 3.02. The molecule has 1 atom stereocenters. The summed E-state index contributed by atoms with van der Waals surface area (Å²) in [6.07, 6.45) is 4.76. The van der Waals surface area contributed by atoms with Crippen LogP contribution in [-0.4, -0.2) is 48.8 Å². The van der Waals surface area contributed by atoms with Gasteiger partial charge in [-0.2, -0.15) is 0 Å². The molecule has 0 aromatic carbocycles. The van der Waals surface area contributed by atoms with Gasteiger partial charge in [-0.25, -0.2) is 0 Å². The van der Waals surface area contributed by atoms with E-state index in [1.54, 1.807) is 0 Å². The van der Waals surface area contributed by atoms with Crippen molar-refractivity contribution in [1.82, 2.24) is 10.2 Å². The summed E-state index contributed by atoms with van der Waals surface area (Å²) in [6.45, 7) is 4.69. The molecule has 0 aromatic rings. The van der Waals surface area contributed by atoms with Crippen molar-refractivity contribution >= 4 is 0 Å². The molecule has 3 nitrogen and oxygen atoms in total. The number of hydrogen-bond acceptors (Lipinski definition) is 3. The highest BCUT2D eigenvalue weighted by atomic mass is 16.2. The van der Waals surface area contributed by atoms with Crippen LogP contribution in [0.25, 0.3) is 0 Å². The van der Waals surface area contributed by atoms with Gasteiger partial charge >= 0.3 is 0 Å². The van der Waals surface area contributed by atoms with Crippen molar-refractivity contribution in [2.45, 2.75) is 44.7 Å². The summed E-state index contributed by atoms with van der Waals surface area (Å²) in [6, 6.07) is 1.49. The van der Waals surface area contributed by atoms with E-state index in [9.17, 15) is 0 Å². The summed E-state index contributed by atoms with van der Waals surface area (Å²) < 4.78 is 0. The minimum Gasteiger partial charge on any atom is -0.396 e. The highest BCUT2D eigenvalue weighted by Gasteiger charge is 2.28. The van der Waals surface area contributed by atoms with Crippen molar-refractivity contribution in [1.29, 1.82) is 0 Å². The summed E-state index contributed by atoms with van der Waals surface area (Å²) in [5.41, 5.74) is 0. The van der Waals surface area contributed by atoms with E-state index in [0.29, 0.717) is 12.6 Å². The van der Waals surface area contributed by atoms with Gasteiger partial charge < -0.3 is 10.4 Å². The Bertz CT molecular complexity index is 148. The van der Waals surface area contributed by atoms with Crippen LogP contribution in [0.2, 0.25) is 0 Å². The van der Waals surface area contributed by atoms with E-state index in [4.69, 9.17) is 5.11 Å². The molecule has 0 aliphatic heterocycles. The maximum absolute atomic E-state index is 8.61. The Morgan fingerprint density at radius 2 is 2.14 bits per heavy atom. The van der Waals surface area contributed by atoms with Gasteiger partial charge in [0.2, 0.25) is 0 Å². The molecule has 0 saturated heterocycles. The first-order valence-corrected chi connectivity index (χ1v) is 5.79. The lowest BCUT2D eigenvalue weighted by Gasteiger charge is -2.24. The molecule has 0 aromatic heterocycles. The van der Waals surface area contributed by atoms with Gasteiger partial charge in [-0.15, -0.1) is 0 Å². The summed E-state index contributed by atoms with van der Waals surface area (Å²) in [5, 5.41) is 12.0. The molecule has 0 radical (unpaired) electrons. The fourth-order valence-electron chi connectivity index (χ4n) is 1.66. The molecular formula is C11H24N2O. The van der Waals surface area contributed by atoms with Crippen molar-refractivity contribution in [3.8, 4) is 0 Å². The van der Waals surface area contributed by atoms with Gasteiger partial charge in [-0.1, -0.05) is 0 Å². The molecule has 3 heteroatoms. The standard InChI is InChI=1S/C11H24N2O/c1-10(13(2)11-5-6-11)9-12-7-3-4-8-14/h10-12,14H,3-9H2,1-2H3. The molecule has 1 aliphatic rings. The van der Waals surface area contributed by atoms with Crippen molar-refractivity contribution in [2.75, 3.05) is 26.7 Å². The van der Waals surface area contributed by atoms with Gasteiger partial charge in [0, 0.05) is 25.2 Å². The SMILES string of the molecule is CC(CNCCCCO)N(C)C1CC1. The third kappa shape index (κ3) is 4.40. The zero-order valence-electron chi connectivity index (χ0n) is 9.50. The number of likely N-dealkylation sites (N-methyl/N-ethyl adjacent to an activating group) is 1. The zero-order chi connectivity index (χ0) is 10.4. The van der Waals surface area contributed by atoms with Crippen molar-refractivity contribution in [2.24, 2.45) is 0 Å². The third-order valence-corrected chi connectivity index (χ3v) is 3.02. The van der Waals surface area contributed by atoms with Crippen molar-refractivity contribution in [3.05, 3.63) is 0 Å². The van der Waals surface area contributed by atoms with Crippen LogP contribution in [-0.2, 0) is 0 Å². The van der Waals surface area contributed by atoms with E-state index >= 15 is 0 Å². The van der Waals surface area contributed by atoms with Crippen LogP contribution < -0.4 is 5.32 Å². The van der Waals surface area contributed by atoms with Gasteiger partial charge in [-0.3, -0.25) is 4.90 Å². The lowest BCUT2D eigenvalue weighted by atomic mass is 10.2. The van der Waals surface area contributed by atoms with E-state index in [1.807, 2.05) is 0 Å². The number of rotatable bonds is 8. The Morgan fingerprint density at radius 3 is 2.71 bits per heavy atom. The van der Waals surface area contributed by atoms with Gasteiger partial charge in [0.1, 0.15) is 0 Å². The highest BCUT2D eigenvalue weighted by molar-refractivity contribution is 4.85. The summed E-state index contributed by atoms with van der Waals surface area (Å²) in [5.74, 6) is 0. The van der Waals surface area contributed by atoms with Crippen LogP contribution in [0.5, 0.6) is 0 Å². The Balaban J connectivity index is 1.94. The zero-order valence-corrected chi connectivity index (χ0v) is 9.50. The van der Waals surface area contributed by atoms with Crippen molar-refractivity contribution in [3.63, 3.8) is 0 Å². The van der Waals surface area contributed by atoms with Gasteiger partial charge in [0.05, 0.1) is 0 Å². The molecule has 1 fully saturated rings. The second-order valence-electron chi connectivity index (χ2n) is 4.38. The lowest BCUT2D eigenvalue weighted by molar-refractivity contribution is 0.239. The molecule has 14 heavy (non-hydrogen) atoms. The molecule has 0 spiro atoms. The van der Waals surface area contributed by atoms with Crippen LogP contribution in [0.3, 0.4) is 0 Å². The van der Waals surface area contributed by atoms with E-state index in [2.05, 4.69) is 24.2 Å². The predicted octanol–water partition coefficient (Wildman–Crippen LogP) is 0.831. The molecule has 0 heterocycles. The molecule has 1 rings (SSSR count). The second-order valence-corrected chi connectivity index (χ2v) is 4.38. The maximum atomic E-state index is 8.61. The average molecular weight is 200 g/mol. The number of aliphatic hydroxyl groups is 1. The maximum Gasteiger partial charge on any atom is 0.0431 e. The fraction of sp³-hybridized carbons (Fsp3) is 1.00. The minimum atomic E-state index is 0.319. The monoisotopic (exact) mass is 200 g/mol. The molecule has 1 unspecified atom stereocenters. The fourth-order valence-corrected chi connectivity index (χ4v) is 1.66. The van der Waals surface area contributed by atoms with Crippen molar-refractivity contribution < 1.29 is 5.11 Å². The summed E-state index contributed by atoms with van der Waals surface area (Å²) in [4.78, 5) is 2.47. The first-order chi connectivity index (χ1) is 6.75. The number of aliphatic hydroxyl groups excluding tert-OH is 1. The van der Waals surface area contributed by atoms with Crippen LogP contribution in [0.15, 0.2) is 0 Å². The first-order valence-electron chi connectivity index (χ1n) is 5.79. The first kappa shape index (κ1) is 12.0. The number of hydrogen-bond donors (Lipinski definition) is 2. The Morgan fingerprint density at radius 1 is 1.43 bits per heavy atom. The van der Waals surface area contributed by atoms with Crippen LogP contribution in [0.1, 0.15) is 32.6 Å². The van der Waals surface area contributed by atoms with E-state index in [0.717, 1.165) is 32.0 Å². The Hall–Kier alpha value is -0.120. The predicted molar refractivity (Wildman–Crippen MR) is 59.4 cm³/mol. The van der Waals surface area contributed by atoms with Gasteiger partial charge in [0.15, 0.2) is 0 Å². The molecule has 1 aliphatic carbocycles. The summed E-state index contributed by atoms with van der Waals surface area (Å²) in [7, 11) is 2.22. The largest absolute Gasteiger partial charge is 0.396 e. The van der Waals surface area contributed by atoms with Gasteiger partial charge in [-0.05, 0) is 46.2 Å². The minimum absolute atomic E-state index is 0.319. The topological polar surface area (TPSA) is 35.5 Å². The quantitative estimate of drug-likeness (QED) is 0.570. The normalized spacial score (nSPS) is 18.9. The number of unbranched alkanes of at least 4 members (excludes halogenated alkanes) is 1. The van der Waals surface area contributed by atoms with E-state index in [-0.39, 0.29) is 0 Å². The van der Waals surface area contributed by atoms with E-state index in [1.165, 1.54) is 12.8 Å². The Kier molecular flexibility index (Phi) is 5.45. The van der Waals surface area contributed by atoms with E-state index < -0.39 is 0 Å². The van der Waals surface area contributed by atoms with Crippen LogP contribution >= 0.6 is 0 Å². The molecule has 84 valence electrons. The van der Waals surface area contributed by atoms with Gasteiger partial charge in [0.25, 0.3) is 0 Å². The Labute approximate surface area is 87.5 Å². The molecular weight excluding hydrogens is 176 g/mol. The average Bonchev–Trinajstić information content (AvgIpc) is 2.99. The molecule has 0 amide bonds. The number of nitrogens with one attached hydrogen (secondary N) is 1. The number of nitrogens with zero attached hydrogens (tertiary/aromatic N) is 1. The van der Waals surface area contributed by atoms with Crippen LogP contribution in [0, 0.1) is 0 Å². The summed E-state index contributed by atoms with van der Waals surface area (Å²) >= 11 is 0.